The predicted octanol–water partition coefficient (Wildman–Crippen LogP) is 3.03. The monoisotopic (exact) mass is 552 g/mol. The summed E-state index contributed by atoms with van der Waals surface area (Å²) in [6, 6.07) is 4.73. The van der Waals surface area contributed by atoms with Gasteiger partial charge in [-0.1, -0.05) is 0 Å². The summed E-state index contributed by atoms with van der Waals surface area (Å²) in [5.41, 5.74) is 4.10. The van der Waals surface area contributed by atoms with Crippen molar-refractivity contribution in [2.75, 3.05) is 12.3 Å². The van der Waals surface area contributed by atoms with Crippen LogP contribution in [0.3, 0.4) is 0 Å². The van der Waals surface area contributed by atoms with E-state index >= 15 is 0 Å². The highest BCUT2D eigenvalue weighted by molar-refractivity contribution is 5.98. The molecular weight excluding hydrogens is 537 g/mol. The van der Waals surface area contributed by atoms with Crippen molar-refractivity contribution in [3.63, 3.8) is 0 Å². The molecule has 0 radical (unpaired) electrons. The number of carbonyl (C=O) groups excluding carboxylic acids is 1. The number of aromatic nitrogens is 4. The molecule has 0 bridgehead atoms. The molecule has 2 N–H and O–H groups in total. The van der Waals surface area contributed by atoms with Crippen LogP contribution in [-0.4, -0.2) is 43.7 Å². The van der Waals surface area contributed by atoms with Gasteiger partial charge in [0.05, 0.1) is 22.3 Å². The number of benzene rings is 1. The third-order valence-corrected chi connectivity index (χ3v) is 5.95. The van der Waals surface area contributed by atoms with Gasteiger partial charge in [0.15, 0.2) is 12.1 Å². The summed E-state index contributed by atoms with van der Waals surface area (Å²) in [5, 5.41) is 4.43. The van der Waals surface area contributed by atoms with Gasteiger partial charge in [0.25, 0.3) is 0 Å². The molecule has 0 saturated heterocycles. The molecule has 5 rings (SSSR count). The number of hydrogen-bond acceptors (Lipinski definition) is 7. The minimum absolute atomic E-state index is 0.00515. The molecule has 1 aliphatic heterocycles. The van der Waals surface area contributed by atoms with Crippen molar-refractivity contribution in [3.05, 3.63) is 70.4 Å². The van der Waals surface area contributed by atoms with E-state index in [4.69, 9.17) is 5.73 Å². The zero-order chi connectivity index (χ0) is 28.1. The summed E-state index contributed by atoms with van der Waals surface area (Å²) in [7, 11) is 0. The molecule has 0 spiro atoms. The minimum Gasteiger partial charge on any atom is -0.406 e. The van der Waals surface area contributed by atoms with Gasteiger partial charge in [0, 0.05) is 35.6 Å². The fourth-order valence-electron chi connectivity index (χ4n) is 4.30. The Morgan fingerprint density at radius 3 is 2.54 bits per heavy atom. The molecule has 0 fully saturated rings. The number of ether oxygens (including phenoxy) is 1. The van der Waals surface area contributed by atoms with Gasteiger partial charge in [-0.25, -0.2) is 13.9 Å². The van der Waals surface area contributed by atoms with Gasteiger partial charge in [-0.3, -0.25) is 9.78 Å². The van der Waals surface area contributed by atoms with Crippen LogP contribution in [0.5, 0.6) is 5.75 Å². The maximum atomic E-state index is 14.4. The van der Waals surface area contributed by atoms with E-state index in [2.05, 4.69) is 19.8 Å². The van der Waals surface area contributed by atoms with E-state index in [1.165, 1.54) is 17.2 Å². The normalized spacial score (nSPS) is 13.8. The van der Waals surface area contributed by atoms with E-state index in [0.717, 1.165) is 35.1 Å². The third kappa shape index (κ3) is 4.94. The van der Waals surface area contributed by atoms with E-state index in [1.54, 1.807) is 6.08 Å². The first-order valence-corrected chi connectivity index (χ1v) is 11.0. The number of alkyl halides is 6. The number of halogens is 7. The van der Waals surface area contributed by atoms with Crippen LogP contribution in [-0.2, 0) is 17.5 Å². The van der Waals surface area contributed by atoms with Gasteiger partial charge < -0.3 is 15.4 Å². The summed E-state index contributed by atoms with van der Waals surface area (Å²) in [6.45, 7) is -0.265. The summed E-state index contributed by atoms with van der Waals surface area (Å²) in [6.07, 6.45) is -5.45. The average molecular weight is 552 g/mol. The molecule has 202 valence electrons. The number of nitrogen functional groups attached to an aromatic ring is 1. The van der Waals surface area contributed by atoms with Crippen LogP contribution in [0.25, 0.3) is 28.5 Å². The first-order valence-electron chi connectivity index (χ1n) is 11.0. The van der Waals surface area contributed by atoms with Gasteiger partial charge in [0.1, 0.15) is 23.4 Å². The molecule has 0 unspecified atom stereocenters. The fraction of sp³-hybridized carbons (Fsp3) is 0.167. The Morgan fingerprint density at radius 1 is 1.08 bits per heavy atom. The number of nitrogens with zero attached hydrogens (tertiary/aromatic N) is 5. The second-order valence-electron chi connectivity index (χ2n) is 8.39. The molecule has 3 aromatic heterocycles. The zero-order valence-electron chi connectivity index (χ0n) is 19.4. The largest absolute Gasteiger partial charge is 0.573 e. The van der Waals surface area contributed by atoms with Crippen molar-refractivity contribution in [1.82, 2.24) is 24.5 Å². The van der Waals surface area contributed by atoms with E-state index in [1.807, 2.05) is 0 Å². The standard InChI is InChI=1S/C24H15F7N6O2/c25-17-2-1-14(39-24(29,30)31)5-13(17)9-36-4-3-18-15(20(36)10-38)6-12(8-33-18)19-7-16(23(26,27)28)21-22(32)34-11-35-37(19)21/h1-3,5-8,10-11H,4,9H2,(H2,32,34,35). The molecule has 0 amide bonds. The van der Waals surface area contributed by atoms with Gasteiger partial charge in [-0.2, -0.15) is 18.3 Å². The first kappa shape index (κ1) is 25.9. The molecule has 4 aromatic rings. The van der Waals surface area contributed by atoms with Gasteiger partial charge in [0.2, 0.25) is 0 Å². The molecule has 1 aliphatic rings. The highest BCUT2D eigenvalue weighted by atomic mass is 19.4. The maximum Gasteiger partial charge on any atom is 0.573 e. The Kier molecular flexibility index (Phi) is 6.15. The van der Waals surface area contributed by atoms with Crippen LogP contribution in [0, 0.1) is 5.82 Å². The number of nitrogens with two attached hydrogens (primary N) is 1. The summed E-state index contributed by atoms with van der Waals surface area (Å²) in [5.74, 6) is -1.87. The number of pyridine rings is 1. The lowest BCUT2D eigenvalue weighted by Gasteiger charge is -2.26. The van der Waals surface area contributed by atoms with E-state index in [9.17, 15) is 35.5 Å². The van der Waals surface area contributed by atoms with E-state index < -0.39 is 41.0 Å². The summed E-state index contributed by atoms with van der Waals surface area (Å²) < 4.78 is 98.3. The molecule has 15 heteroatoms. The molecule has 4 heterocycles. The van der Waals surface area contributed by atoms with Crippen molar-refractivity contribution in [2.24, 2.45) is 0 Å². The van der Waals surface area contributed by atoms with E-state index in [0.29, 0.717) is 11.6 Å². The SMILES string of the molecule is Nc1ncnn2c(-c3cnc4c(c3)=C(C=O)N(Cc3cc(OC(F)(F)F)ccc3F)CC=4)cc(C(F)(F)F)c12. The average Bonchev–Trinajstić information content (AvgIpc) is 3.26. The molecule has 0 atom stereocenters. The number of anilines is 1. The van der Waals surface area contributed by atoms with Crippen LogP contribution >= 0.6 is 0 Å². The van der Waals surface area contributed by atoms with Crippen LogP contribution in [0.1, 0.15) is 11.1 Å². The lowest BCUT2D eigenvalue weighted by Crippen LogP contribution is -2.42. The van der Waals surface area contributed by atoms with Crippen LogP contribution < -0.4 is 21.0 Å². The van der Waals surface area contributed by atoms with Gasteiger partial charge in [-0.05, 0) is 36.4 Å². The molecule has 8 nitrogen and oxygen atoms in total. The number of rotatable bonds is 5. The summed E-state index contributed by atoms with van der Waals surface area (Å²) in [4.78, 5) is 21.4. The van der Waals surface area contributed by atoms with Crippen LogP contribution in [0.2, 0.25) is 0 Å². The number of fused-ring (bicyclic) bond motifs is 2. The predicted molar refractivity (Wildman–Crippen MR) is 122 cm³/mol. The quantitative estimate of drug-likeness (QED) is 0.300. The molecular formula is C24H15F7N6O2. The van der Waals surface area contributed by atoms with Gasteiger partial charge in [-0.15, -0.1) is 13.2 Å². The number of hydrogen-bond donors (Lipinski definition) is 1. The minimum atomic E-state index is -4.99. The lowest BCUT2D eigenvalue weighted by atomic mass is 10.1. The second-order valence-corrected chi connectivity index (χ2v) is 8.39. The van der Waals surface area contributed by atoms with Crippen LogP contribution in [0.15, 0.2) is 42.9 Å². The van der Waals surface area contributed by atoms with Crippen molar-refractivity contribution >= 4 is 29.4 Å². The van der Waals surface area contributed by atoms with Crippen molar-refractivity contribution in [3.8, 4) is 17.0 Å². The Hall–Kier alpha value is -4.69. The van der Waals surface area contributed by atoms with Crippen molar-refractivity contribution < 1.29 is 40.3 Å². The number of carbonyl (C=O) groups is 1. The molecule has 0 aliphatic carbocycles. The number of aldehydes is 1. The Balaban J connectivity index is 1.60. The second kappa shape index (κ2) is 9.25. The fourth-order valence-corrected chi connectivity index (χ4v) is 4.30. The van der Waals surface area contributed by atoms with Crippen LogP contribution in [0.4, 0.5) is 36.6 Å². The topological polar surface area (TPSA) is 98.6 Å². The smallest absolute Gasteiger partial charge is 0.406 e. The van der Waals surface area contributed by atoms with Crippen molar-refractivity contribution in [1.29, 1.82) is 0 Å². The van der Waals surface area contributed by atoms with Crippen molar-refractivity contribution in [2.45, 2.75) is 19.1 Å². The Morgan fingerprint density at radius 2 is 1.85 bits per heavy atom. The molecule has 1 aromatic carbocycles. The Labute approximate surface area is 213 Å². The lowest BCUT2D eigenvalue weighted by molar-refractivity contribution is -0.274. The Bertz CT molecular complexity index is 1730. The van der Waals surface area contributed by atoms with Gasteiger partial charge >= 0.3 is 12.5 Å². The maximum absolute atomic E-state index is 14.4. The summed E-state index contributed by atoms with van der Waals surface area (Å²) >= 11 is 0. The molecule has 39 heavy (non-hydrogen) atoms. The zero-order valence-corrected chi connectivity index (χ0v) is 19.4. The first-order chi connectivity index (χ1) is 18.4. The highest BCUT2D eigenvalue weighted by Gasteiger charge is 2.36. The highest BCUT2D eigenvalue weighted by Crippen LogP contribution is 2.38. The van der Waals surface area contributed by atoms with E-state index in [-0.39, 0.29) is 40.8 Å². The third-order valence-electron chi connectivity index (χ3n) is 5.95. The molecule has 0 saturated carbocycles.